The highest BCUT2D eigenvalue weighted by Gasteiger charge is 2.39. The maximum absolute atomic E-state index is 12.5. The van der Waals surface area contributed by atoms with E-state index in [-0.39, 0.29) is 5.91 Å². The summed E-state index contributed by atoms with van der Waals surface area (Å²) in [6.07, 6.45) is 2.76. The van der Waals surface area contributed by atoms with Gasteiger partial charge in [0.2, 0.25) is 5.91 Å². The molecule has 0 aliphatic carbocycles. The van der Waals surface area contributed by atoms with E-state index in [0.717, 1.165) is 37.2 Å². The minimum absolute atomic E-state index is 0.0588. The molecule has 2 rings (SSSR count). The molecular weight excluding hydrogens is 264 g/mol. The number of anilines is 1. The van der Waals surface area contributed by atoms with E-state index in [1.165, 1.54) is 0 Å². The molecule has 1 aromatic rings. The molecule has 0 saturated carbocycles. The van der Waals surface area contributed by atoms with Crippen molar-refractivity contribution in [2.75, 3.05) is 18.5 Å². The molecule has 1 aromatic carbocycles. The van der Waals surface area contributed by atoms with E-state index < -0.39 is 5.54 Å². The predicted molar refractivity (Wildman–Crippen MR) is 85.7 cm³/mol. The summed E-state index contributed by atoms with van der Waals surface area (Å²) in [4.78, 5) is 12.5. The van der Waals surface area contributed by atoms with Crippen molar-refractivity contribution < 1.29 is 9.53 Å². The smallest absolute Gasteiger partial charge is 0.244 e. The van der Waals surface area contributed by atoms with Gasteiger partial charge in [-0.2, -0.15) is 0 Å². The van der Waals surface area contributed by atoms with Gasteiger partial charge in [0.25, 0.3) is 0 Å². The van der Waals surface area contributed by atoms with Gasteiger partial charge in [-0.25, -0.2) is 0 Å². The number of benzene rings is 1. The molecule has 0 spiro atoms. The lowest BCUT2D eigenvalue weighted by Gasteiger charge is -2.26. The lowest BCUT2D eigenvalue weighted by molar-refractivity contribution is -0.122. The fourth-order valence-electron chi connectivity index (χ4n) is 2.64. The Labute approximate surface area is 127 Å². The Kier molecular flexibility index (Phi) is 5.23. The minimum atomic E-state index is -0.408. The zero-order chi connectivity index (χ0) is 15.3. The molecule has 1 fully saturated rings. The summed E-state index contributed by atoms with van der Waals surface area (Å²) in [5, 5.41) is 6.37. The summed E-state index contributed by atoms with van der Waals surface area (Å²) in [6, 6.07) is 7.62. The Hall–Kier alpha value is -1.55. The van der Waals surface area contributed by atoms with Crippen molar-refractivity contribution in [1.29, 1.82) is 0 Å². The van der Waals surface area contributed by atoms with Crippen LogP contribution in [0.25, 0.3) is 0 Å². The van der Waals surface area contributed by atoms with Crippen LogP contribution in [0.2, 0.25) is 0 Å². The van der Waals surface area contributed by atoms with E-state index in [9.17, 15) is 4.79 Å². The van der Waals surface area contributed by atoms with Crippen molar-refractivity contribution >= 4 is 11.6 Å². The van der Waals surface area contributed by atoms with Gasteiger partial charge in [0.1, 0.15) is 5.75 Å². The van der Waals surface area contributed by atoms with Crippen LogP contribution in [0.5, 0.6) is 5.75 Å². The monoisotopic (exact) mass is 290 g/mol. The maximum Gasteiger partial charge on any atom is 0.244 e. The molecular formula is C17H26N2O2. The normalized spacial score (nSPS) is 21.5. The van der Waals surface area contributed by atoms with E-state index in [4.69, 9.17) is 4.74 Å². The standard InChI is InChI=1S/C17H26N2O2/c1-4-17(9-6-10-18-17)16(20)19-14-7-5-8-15(11-14)21-12-13(2)3/h5,7-8,11,13,18H,4,6,9-10,12H2,1-3H3,(H,19,20). The summed E-state index contributed by atoms with van der Waals surface area (Å²) in [5.74, 6) is 1.34. The van der Waals surface area contributed by atoms with Crippen LogP contribution < -0.4 is 15.4 Å². The molecule has 0 bridgehead atoms. The average molecular weight is 290 g/mol. The third kappa shape index (κ3) is 3.97. The van der Waals surface area contributed by atoms with Crippen molar-refractivity contribution in [2.24, 2.45) is 5.92 Å². The molecule has 21 heavy (non-hydrogen) atoms. The highest BCUT2D eigenvalue weighted by Crippen LogP contribution is 2.26. The van der Waals surface area contributed by atoms with Gasteiger partial charge in [0, 0.05) is 11.8 Å². The van der Waals surface area contributed by atoms with Crippen molar-refractivity contribution in [2.45, 2.75) is 45.6 Å². The van der Waals surface area contributed by atoms with Gasteiger partial charge in [-0.1, -0.05) is 26.8 Å². The number of rotatable bonds is 6. The quantitative estimate of drug-likeness (QED) is 0.846. The molecule has 1 aliphatic heterocycles. The lowest BCUT2D eigenvalue weighted by atomic mass is 9.93. The Balaban J connectivity index is 2.02. The van der Waals surface area contributed by atoms with Gasteiger partial charge >= 0.3 is 0 Å². The Morgan fingerprint density at radius 3 is 2.90 bits per heavy atom. The van der Waals surface area contributed by atoms with Crippen LogP contribution in [0.15, 0.2) is 24.3 Å². The molecule has 4 nitrogen and oxygen atoms in total. The van der Waals surface area contributed by atoms with Gasteiger partial charge in [0.05, 0.1) is 12.1 Å². The zero-order valence-electron chi connectivity index (χ0n) is 13.2. The molecule has 0 radical (unpaired) electrons. The Morgan fingerprint density at radius 1 is 1.48 bits per heavy atom. The van der Waals surface area contributed by atoms with Crippen LogP contribution in [-0.4, -0.2) is 24.6 Å². The van der Waals surface area contributed by atoms with Crippen LogP contribution in [0, 0.1) is 5.92 Å². The van der Waals surface area contributed by atoms with Crippen LogP contribution >= 0.6 is 0 Å². The molecule has 1 unspecified atom stereocenters. The fourth-order valence-corrected chi connectivity index (χ4v) is 2.64. The van der Waals surface area contributed by atoms with E-state index in [1.54, 1.807) is 0 Å². The Morgan fingerprint density at radius 2 is 2.29 bits per heavy atom. The van der Waals surface area contributed by atoms with Crippen LogP contribution in [0.3, 0.4) is 0 Å². The summed E-state index contributed by atoms with van der Waals surface area (Å²) in [5.41, 5.74) is 0.386. The molecule has 1 amide bonds. The topological polar surface area (TPSA) is 50.4 Å². The van der Waals surface area contributed by atoms with Gasteiger partial charge < -0.3 is 15.4 Å². The van der Waals surface area contributed by atoms with E-state index in [1.807, 2.05) is 24.3 Å². The van der Waals surface area contributed by atoms with Gasteiger partial charge in [-0.3, -0.25) is 4.79 Å². The third-order valence-corrected chi connectivity index (χ3v) is 3.96. The van der Waals surface area contributed by atoms with Crippen molar-refractivity contribution in [1.82, 2.24) is 5.32 Å². The number of amides is 1. The first-order valence-electron chi connectivity index (χ1n) is 7.85. The van der Waals surface area contributed by atoms with Crippen LogP contribution in [-0.2, 0) is 4.79 Å². The zero-order valence-corrected chi connectivity index (χ0v) is 13.2. The predicted octanol–water partition coefficient (Wildman–Crippen LogP) is 3.19. The van der Waals surface area contributed by atoms with E-state index in [0.29, 0.717) is 12.5 Å². The molecule has 116 valence electrons. The highest BCUT2D eigenvalue weighted by molar-refractivity contribution is 5.98. The second-order valence-corrected chi connectivity index (χ2v) is 6.15. The fraction of sp³-hybridized carbons (Fsp3) is 0.588. The number of ether oxygens (including phenoxy) is 1. The second-order valence-electron chi connectivity index (χ2n) is 6.15. The second kappa shape index (κ2) is 6.94. The Bertz CT molecular complexity index is 479. The summed E-state index contributed by atoms with van der Waals surface area (Å²) in [6.45, 7) is 7.88. The van der Waals surface area contributed by atoms with Gasteiger partial charge in [-0.15, -0.1) is 0 Å². The largest absolute Gasteiger partial charge is 0.493 e. The molecule has 2 N–H and O–H groups in total. The first-order valence-corrected chi connectivity index (χ1v) is 7.85. The maximum atomic E-state index is 12.5. The number of carbonyl (C=O) groups excluding carboxylic acids is 1. The van der Waals surface area contributed by atoms with Gasteiger partial charge in [-0.05, 0) is 43.9 Å². The highest BCUT2D eigenvalue weighted by atomic mass is 16.5. The third-order valence-electron chi connectivity index (χ3n) is 3.96. The average Bonchev–Trinajstić information content (AvgIpc) is 2.96. The number of hydrogen-bond acceptors (Lipinski definition) is 3. The first kappa shape index (κ1) is 15.8. The van der Waals surface area contributed by atoms with E-state index in [2.05, 4.69) is 31.4 Å². The van der Waals surface area contributed by atoms with Crippen molar-refractivity contribution in [3.63, 3.8) is 0 Å². The van der Waals surface area contributed by atoms with Crippen LogP contribution in [0.4, 0.5) is 5.69 Å². The van der Waals surface area contributed by atoms with Crippen molar-refractivity contribution in [3.8, 4) is 5.75 Å². The van der Waals surface area contributed by atoms with Crippen molar-refractivity contribution in [3.05, 3.63) is 24.3 Å². The minimum Gasteiger partial charge on any atom is -0.493 e. The summed E-state index contributed by atoms with van der Waals surface area (Å²) >= 11 is 0. The lowest BCUT2D eigenvalue weighted by Crippen LogP contribution is -2.50. The van der Waals surface area contributed by atoms with Crippen LogP contribution in [0.1, 0.15) is 40.0 Å². The molecule has 1 heterocycles. The number of carbonyl (C=O) groups is 1. The molecule has 0 aromatic heterocycles. The SMILES string of the molecule is CCC1(C(=O)Nc2cccc(OCC(C)C)c2)CCCN1. The summed E-state index contributed by atoms with van der Waals surface area (Å²) < 4.78 is 5.70. The van der Waals surface area contributed by atoms with Gasteiger partial charge in [0.15, 0.2) is 0 Å². The molecule has 1 atom stereocenters. The molecule has 1 saturated heterocycles. The molecule has 1 aliphatic rings. The number of hydrogen-bond donors (Lipinski definition) is 2. The first-order chi connectivity index (χ1) is 10.1. The van der Waals surface area contributed by atoms with E-state index >= 15 is 0 Å². The number of nitrogens with one attached hydrogen (secondary N) is 2. The summed E-state index contributed by atoms with van der Waals surface area (Å²) in [7, 11) is 0. The molecule has 4 heteroatoms.